The highest BCUT2D eigenvalue weighted by Gasteiger charge is 2.11. The molecule has 5 heteroatoms. The first-order valence-electron chi connectivity index (χ1n) is 5.53. The maximum atomic E-state index is 13.1. The van der Waals surface area contributed by atoms with Gasteiger partial charge in [0.2, 0.25) is 0 Å². The van der Waals surface area contributed by atoms with Gasteiger partial charge in [-0.3, -0.25) is 4.79 Å². The predicted molar refractivity (Wildman–Crippen MR) is 80.5 cm³/mol. The van der Waals surface area contributed by atoms with Gasteiger partial charge in [0, 0.05) is 15.1 Å². The van der Waals surface area contributed by atoms with Crippen molar-refractivity contribution in [2.24, 2.45) is 0 Å². The number of halogens is 2. The molecule has 0 aliphatic rings. The van der Waals surface area contributed by atoms with Gasteiger partial charge >= 0.3 is 0 Å². The Labute approximate surface area is 124 Å². The summed E-state index contributed by atoms with van der Waals surface area (Å²) in [6, 6.07) is 9.65. The Morgan fingerprint density at radius 1 is 1.26 bits per heavy atom. The van der Waals surface area contributed by atoms with Crippen LogP contribution in [0.25, 0.3) is 0 Å². The minimum Gasteiger partial charge on any atom is -0.322 e. The van der Waals surface area contributed by atoms with Crippen molar-refractivity contribution in [2.45, 2.75) is 11.8 Å². The zero-order valence-corrected chi connectivity index (χ0v) is 12.6. The Hall–Kier alpha value is -1.33. The largest absolute Gasteiger partial charge is 0.322 e. The molecule has 0 radical (unpaired) electrons. The smallest absolute Gasteiger partial charge is 0.256 e. The lowest BCUT2D eigenvalue weighted by Gasteiger charge is -2.08. The van der Waals surface area contributed by atoms with Crippen LogP contribution in [0.3, 0.4) is 0 Å². The fourth-order valence-corrected chi connectivity index (χ4v) is 2.24. The minimum absolute atomic E-state index is 0.270. The van der Waals surface area contributed by atoms with E-state index in [1.165, 1.54) is 12.1 Å². The molecule has 2 rings (SSSR count). The van der Waals surface area contributed by atoms with Gasteiger partial charge in [0.05, 0.1) is 5.56 Å². The molecule has 0 atom stereocenters. The average Bonchev–Trinajstić information content (AvgIpc) is 2.36. The standard InChI is InChI=1S/C14H11BrFNOS/c1-8-6-9(2-5-13(8)16)17-14(18)11-7-10(19)3-4-12(11)15/h2-7,19H,1H3,(H,17,18). The van der Waals surface area contributed by atoms with Gasteiger partial charge in [-0.1, -0.05) is 0 Å². The number of thiol groups is 1. The van der Waals surface area contributed by atoms with Crippen molar-refractivity contribution in [2.75, 3.05) is 5.32 Å². The SMILES string of the molecule is Cc1cc(NC(=O)c2cc(S)ccc2Br)ccc1F. The molecule has 98 valence electrons. The van der Waals surface area contributed by atoms with Gasteiger partial charge in [-0.25, -0.2) is 4.39 Å². The van der Waals surface area contributed by atoms with Crippen molar-refractivity contribution < 1.29 is 9.18 Å². The first-order valence-corrected chi connectivity index (χ1v) is 6.77. The van der Waals surface area contributed by atoms with E-state index in [-0.39, 0.29) is 11.7 Å². The third kappa shape index (κ3) is 3.36. The summed E-state index contributed by atoms with van der Waals surface area (Å²) < 4.78 is 13.8. The van der Waals surface area contributed by atoms with Crippen molar-refractivity contribution >= 4 is 40.2 Å². The number of amides is 1. The molecular weight excluding hydrogens is 329 g/mol. The number of carbonyl (C=O) groups excluding carboxylic acids is 1. The first-order chi connectivity index (χ1) is 8.97. The van der Waals surface area contributed by atoms with Crippen molar-refractivity contribution in [1.29, 1.82) is 0 Å². The van der Waals surface area contributed by atoms with E-state index in [1.807, 2.05) is 0 Å². The number of nitrogens with one attached hydrogen (secondary N) is 1. The van der Waals surface area contributed by atoms with E-state index in [4.69, 9.17) is 0 Å². The van der Waals surface area contributed by atoms with E-state index in [9.17, 15) is 9.18 Å². The molecule has 0 aliphatic heterocycles. The topological polar surface area (TPSA) is 29.1 Å². The molecule has 0 bridgehead atoms. The quantitative estimate of drug-likeness (QED) is 0.778. The third-order valence-electron chi connectivity index (χ3n) is 2.61. The number of anilines is 1. The van der Waals surface area contributed by atoms with Crippen molar-refractivity contribution in [3.05, 3.63) is 57.8 Å². The normalized spacial score (nSPS) is 10.3. The van der Waals surface area contributed by atoms with E-state index >= 15 is 0 Å². The molecular formula is C14H11BrFNOS. The van der Waals surface area contributed by atoms with Crippen LogP contribution in [0.4, 0.5) is 10.1 Å². The molecule has 0 aromatic heterocycles. The molecule has 2 aromatic carbocycles. The van der Waals surface area contributed by atoms with Crippen LogP contribution in [0.5, 0.6) is 0 Å². The van der Waals surface area contributed by atoms with Crippen LogP contribution >= 0.6 is 28.6 Å². The highest BCUT2D eigenvalue weighted by molar-refractivity contribution is 9.10. The van der Waals surface area contributed by atoms with Gasteiger partial charge in [0.25, 0.3) is 5.91 Å². The average molecular weight is 340 g/mol. The number of hydrogen-bond donors (Lipinski definition) is 2. The summed E-state index contributed by atoms with van der Waals surface area (Å²) in [5.41, 5.74) is 1.52. The Balaban J connectivity index is 2.25. The highest BCUT2D eigenvalue weighted by atomic mass is 79.9. The fourth-order valence-electron chi connectivity index (χ4n) is 1.61. The number of carbonyl (C=O) groups is 1. The van der Waals surface area contributed by atoms with Crippen LogP contribution < -0.4 is 5.32 Å². The molecule has 0 heterocycles. The molecule has 1 N–H and O–H groups in total. The lowest BCUT2D eigenvalue weighted by molar-refractivity contribution is 0.102. The molecule has 1 amide bonds. The summed E-state index contributed by atoms with van der Waals surface area (Å²) in [5.74, 6) is -0.565. The molecule has 0 aliphatic carbocycles. The lowest BCUT2D eigenvalue weighted by atomic mass is 10.2. The maximum Gasteiger partial charge on any atom is 0.256 e. The summed E-state index contributed by atoms with van der Waals surface area (Å²) in [4.78, 5) is 12.8. The van der Waals surface area contributed by atoms with Crippen LogP contribution in [0.15, 0.2) is 45.8 Å². The van der Waals surface area contributed by atoms with Gasteiger partial charge in [-0.05, 0) is 64.8 Å². The van der Waals surface area contributed by atoms with Crippen molar-refractivity contribution in [3.63, 3.8) is 0 Å². The van der Waals surface area contributed by atoms with E-state index in [0.717, 1.165) is 0 Å². The number of rotatable bonds is 2. The Morgan fingerprint density at radius 2 is 2.00 bits per heavy atom. The maximum absolute atomic E-state index is 13.1. The van der Waals surface area contributed by atoms with Gasteiger partial charge in [0.1, 0.15) is 5.82 Å². The Morgan fingerprint density at radius 3 is 2.68 bits per heavy atom. The zero-order chi connectivity index (χ0) is 14.0. The monoisotopic (exact) mass is 339 g/mol. The van der Waals surface area contributed by atoms with E-state index < -0.39 is 0 Å². The molecule has 2 aromatic rings. The van der Waals surface area contributed by atoms with Gasteiger partial charge < -0.3 is 5.32 Å². The lowest BCUT2D eigenvalue weighted by Crippen LogP contribution is -2.12. The highest BCUT2D eigenvalue weighted by Crippen LogP contribution is 2.22. The zero-order valence-electron chi connectivity index (χ0n) is 10.1. The summed E-state index contributed by atoms with van der Waals surface area (Å²) in [6.45, 7) is 1.65. The van der Waals surface area contributed by atoms with Crippen LogP contribution in [-0.2, 0) is 0 Å². The Kier molecular flexibility index (Phi) is 4.27. The molecule has 0 spiro atoms. The molecule has 0 saturated heterocycles. The van der Waals surface area contributed by atoms with Gasteiger partial charge in [0.15, 0.2) is 0 Å². The van der Waals surface area contributed by atoms with E-state index in [2.05, 4.69) is 33.9 Å². The minimum atomic E-state index is -0.295. The summed E-state index contributed by atoms with van der Waals surface area (Å²) in [6.07, 6.45) is 0. The summed E-state index contributed by atoms with van der Waals surface area (Å²) in [5, 5.41) is 2.72. The summed E-state index contributed by atoms with van der Waals surface area (Å²) in [7, 11) is 0. The van der Waals surface area contributed by atoms with E-state index in [1.54, 1.807) is 31.2 Å². The van der Waals surface area contributed by atoms with E-state index in [0.29, 0.717) is 26.2 Å². The molecule has 2 nitrogen and oxygen atoms in total. The van der Waals surface area contributed by atoms with Crippen LogP contribution in [0.1, 0.15) is 15.9 Å². The fraction of sp³-hybridized carbons (Fsp3) is 0.0714. The number of aryl methyl sites for hydroxylation is 1. The number of benzene rings is 2. The van der Waals surface area contributed by atoms with Crippen LogP contribution in [-0.4, -0.2) is 5.91 Å². The van der Waals surface area contributed by atoms with Gasteiger partial charge in [-0.2, -0.15) is 0 Å². The second kappa shape index (κ2) is 5.75. The predicted octanol–water partition coefficient (Wildman–Crippen LogP) is 4.44. The van der Waals surface area contributed by atoms with Gasteiger partial charge in [-0.15, -0.1) is 12.6 Å². The third-order valence-corrected chi connectivity index (χ3v) is 3.58. The van der Waals surface area contributed by atoms with Crippen LogP contribution in [0, 0.1) is 12.7 Å². The van der Waals surface area contributed by atoms with Crippen molar-refractivity contribution in [1.82, 2.24) is 0 Å². The van der Waals surface area contributed by atoms with Crippen LogP contribution in [0.2, 0.25) is 0 Å². The first kappa shape index (κ1) is 14.1. The van der Waals surface area contributed by atoms with Crippen molar-refractivity contribution in [3.8, 4) is 0 Å². The number of hydrogen-bond acceptors (Lipinski definition) is 2. The summed E-state index contributed by atoms with van der Waals surface area (Å²) >= 11 is 7.52. The molecule has 0 unspecified atom stereocenters. The molecule has 0 fully saturated rings. The second-order valence-electron chi connectivity index (χ2n) is 4.08. The second-order valence-corrected chi connectivity index (χ2v) is 5.45. The molecule has 19 heavy (non-hydrogen) atoms. The Bertz CT molecular complexity index is 645. The molecule has 0 saturated carbocycles.